The van der Waals surface area contributed by atoms with E-state index in [0.717, 1.165) is 158 Å². The topological polar surface area (TPSA) is 430 Å². The van der Waals surface area contributed by atoms with Crippen molar-refractivity contribution < 1.29 is 81.4 Å². The van der Waals surface area contributed by atoms with Crippen LogP contribution in [0.1, 0.15) is 275 Å². The first kappa shape index (κ1) is 116. The number of benzene rings is 7. The maximum absolute atomic E-state index is 14.7. The predicted molar refractivity (Wildman–Crippen MR) is 590 cm³/mol. The summed E-state index contributed by atoms with van der Waals surface area (Å²) in [6, 6.07) is 54.3. The molecule has 36 heteroatoms. The van der Waals surface area contributed by atoms with Crippen LogP contribution < -0.4 is 14.2 Å². The Bertz CT molecular complexity index is 6730. The van der Waals surface area contributed by atoms with Gasteiger partial charge < -0.3 is 69.9 Å². The zero-order valence-electron chi connectivity index (χ0n) is 88.3. The monoisotopic (exact) mass is 2130 g/mol. The molecule has 3 aliphatic heterocycles. The van der Waals surface area contributed by atoms with Crippen molar-refractivity contribution >= 4 is 107 Å². The number of aryl methyl sites for hydroxylation is 3. The summed E-state index contributed by atoms with van der Waals surface area (Å²) in [5.41, 5.74) is 13.7. The number of hydrogen-bond acceptors (Lipinski definition) is 20. The molecule has 5 amide bonds. The number of nitrogens with one attached hydrogen (secondary N) is 3. The van der Waals surface area contributed by atoms with Gasteiger partial charge in [0.05, 0.1) is 106 Å². The average molecular weight is 2130 g/mol. The summed E-state index contributed by atoms with van der Waals surface area (Å²) in [5, 5.41) is 47.3. The molecule has 11 aromatic rings. The minimum absolute atomic E-state index is 0. The van der Waals surface area contributed by atoms with Crippen LogP contribution in [0.15, 0.2) is 199 Å². The van der Waals surface area contributed by atoms with Crippen molar-refractivity contribution in [3.8, 4) is 17.1 Å². The Kier molecular flexibility index (Phi) is 40.9. The number of unbranched alkanes of at least 4 members (excludes halogenated alkanes) is 6. The van der Waals surface area contributed by atoms with Crippen LogP contribution in [0.2, 0.25) is 0 Å². The number of esters is 1. The SMILES string of the molecule is C=C(c1cc(C)n(-c2ccc(NS(=O)(=O)C[C@]34CC[C@H](CC3=O)C4(C)C)cc2C(=O)N2Cc3ccccc3C[C@H]2CO)n1)N(CCCC)CCCC.CCCCN(CCCC)C(=O)c1cc(C)n(-c2ccc(NS(=O)Cc3ccccc3)cc2C(=O)N2Cc3ccccc3C[C@H]2CO)n1.CCCCN(CCCC)C(=O)c1cc(C)n(-c2ccc(NS(=O)c3ccsc3C(=O)OC)cc2C(=O)N2Cc3ccccc3C[C@H]2CO)n1.O.O. The number of thiophene rings is 1. The van der Waals surface area contributed by atoms with Crippen LogP contribution in [-0.2, 0) is 86.2 Å². The largest absolute Gasteiger partial charge is 0.465 e. The number of fused-ring (bicyclic) bond motifs is 5. The lowest BCUT2D eigenvalue weighted by Crippen LogP contribution is -2.46. The molecule has 2 fully saturated rings. The number of anilines is 3. The number of aliphatic hydroxyl groups is 3. The van der Waals surface area contributed by atoms with Gasteiger partial charge in [0.25, 0.3) is 29.5 Å². The van der Waals surface area contributed by atoms with Crippen LogP contribution in [0.3, 0.4) is 0 Å². The van der Waals surface area contributed by atoms with Crippen LogP contribution in [0, 0.1) is 37.5 Å². The third kappa shape index (κ3) is 26.5. The van der Waals surface area contributed by atoms with E-state index in [4.69, 9.17) is 20.0 Å². The number of sulfonamides is 1. The molecule has 0 spiro atoms. The zero-order chi connectivity index (χ0) is 106. The van der Waals surface area contributed by atoms with Gasteiger partial charge in [0.15, 0.2) is 22.4 Å². The molecule has 2 aliphatic carbocycles. The van der Waals surface area contributed by atoms with Crippen LogP contribution in [0.5, 0.6) is 0 Å². The van der Waals surface area contributed by atoms with Crippen LogP contribution in [0.25, 0.3) is 22.8 Å². The molecular weight excluding hydrogens is 1980 g/mol. The molecule has 32 nitrogen and oxygen atoms in total. The van der Waals surface area contributed by atoms with E-state index in [0.29, 0.717) is 146 Å². The van der Waals surface area contributed by atoms with E-state index < -0.39 is 66.9 Å². The summed E-state index contributed by atoms with van der Waals surface area (Å²) in [6.07, 6.45) is 15.1. The van der Waals surface area contributed by atoms with Gasteiger partial charge in [-0.3, -0.25) is 33.5 Å². The highest BCUT2D eigenvalue weighted by atomic mass is 32.2. The van der Waals surface area contributed by atoms with Crippen molar-refractivity contribution in [2.45, 2.75) is 240 Å². The van der Waals surface area contributed by atoms with Crippen LogP contribution >= 0.6 is 11.3 Å². The number of ether oxygens (including phenoxy) is 1. The summed E-state index contributed by atoms with van der Waals surface area (Å²) in [5.74, 6) is -1.60. The number of Topliss-reactive ketones (excluding diaryl/α,β-unsaturated/α-hetero) is 1. The summed E-state index contributed by atoms with van der Waals surface area (Å²) in [7, 11) is -6.01. The molecule has 2 unspecified atom stereocenters. The van der Waals surface area contributed by atoms with Crippen LogP contribution in [0.4, 0.5) is 17.1 Å². The first-order valence-electron chi connectivity index (χ1n) is 52.0. The van der Waals surface area contributed by atoms with Gasteiger partial charge in [-0.15, -0.1) is 11.3 Å². The van der Waals surface area contributed by atoms with Crippen molar-refractivity contribution in [3.05, 3.63) is 289 Å². The first-order valence-corrected chi connectivity index (χ1v) is 57.0. The van der Waals surface area contributed by atoms with Gasteiger partial charge in [-0.05, 0) is 226 Å². The molecule has 7 heterocycles. The lowest BCUT2D eigenvalue weighted by Gasteiger charge is -2.36. The number of methoxy groups -OCH3 is 1. The minimum atomic E-state index is -3.98. The molecule has 4 aromatic heterocycles. The second-order valence-corrected chi connectivity index (χ2v) is 44.9. The lowest BCUT2D eigenvalue weighted by atomic mass is 9.70. The third-order valence-electron chi connectivity index (χ3n) is 29.5. The standard InChI is InChI=1S/C41H55N5O5S.C37H45N5O4S.C36H43N5O6S2.2H2O/c1-7-9-19-44(20-10-8-2)29(4)36-21-28(3)46(42-36)37-16-15-33(43-52(50,51)27-41-18-17-32(23-38(41)48)40(41,5)6)24-35(37)39(49)45-25-31-14-12-11-13-30(31)22-34(45)26-47;1-4-6-19-40(20-7-5-2)37(45)34-21-27(3)42(38-34)35-18-17-31(39-47(46)26-28-13-9-8-10-14-28)23-33(35)36(44)41-24-30-16-12-11-15-29(30)22-32(41)25-43;1-5-7-16-39(17-8-6-2)35(44)30-19-24(3)41(37-30)31-14-13-27(38-49(46)32-15-18-48-33(32)36(45)47-4)21-29(31)34(43)40-22-26-12-10-9-11-25(26)20-28(40)23-42;;/h11-16,21,24,32,34,43,47H,4,7-10,17-20,22-23,25-27H2,1-3,5-6H3;8-18,21,23,32,39,43H,4-7,19-20,22,24-26H2,1-3H3;9-15,18-19,21,28,38,42H,5-8,16-17,20,22-23H2,1-4H3;2*1H2/t32-,34+,41-;32-,47?;28-,49?;;/m100../s1. The van der Waals surface area contributed by atoms with E-state index in [-0.39, 0.29) is 104 Å². The van der Waals surface area contributed by atoms with Gasteiger partial charge in [0, 0.05) is 99.5 Å². The highest BCUT2D eigenvalue weighted by molar-refractivity contribution is 7.92. The van der Waals surface area contributed by atoms with Crippen molar-refractivity contribution in [2.24, 2.45) is 16.7 Å². The number of aromatic nitrogens is 6. The molecule has 7 aromatic carbocycles. The van der Waals surface area contributed by atoms with E-state index in [1.54, 1.807) is 107 Å². The second kappa shape index (κ2) is 52.9. The number of ketones is 1. The van der Waals surface area contributed by atoms with E-state index in [1.807, 2.05) is 154 Å². The van der Waals surface area contributed by atoms with Crippen molar-refractivity contribution in [3.63, 3.8) is 0 Å². The van der Waals surface area contributed by atoms with Crippen LogP contribution in [-0.4, -0.2) is 233 Å². The molecule has 16 rings (SSSR count). The predicted octanol–water partition coefficient (Wildman–Crippen LogP) is 16.9. The Hall–Kier alpha value is -12.7. The summed E-state index contributed by atoms with van der Waals surface area (Å²) < 4.78 is 72.9. The number of rotatable bonds is 43. The molecule has 5 aliphatic rings. The fourth-order valence-corrected chi connectivity index (χ4v) is 25.7. The van der Waals surface area contributed by atoms with E-state index in [2.05, 4.69) is 67.2 Å². The molecule has 0 radical (unpaired) electrons. The third-order valence-corrected chi connectivity index (χ3v) is 34.2. The zero-order valence-corrected chi connectivity index (χ0v) is 91.5. The highest BCUT2D eigenvalue weighted by Crippen LogP contribution is 2.64. The highest BCUT2D eigenvalue weighted by Gasteiger charge is 2.65. The Morgan fingerprint density at radius 3 is 1.23 bits per heavy atom. The number of amides is 5. The Balaban J connectivity index is 0.000000198. The molecule has 2 saturated carbocycles. The van der Waals surface area contributed by atoms with Crippen molar-refractivity contribution in [2.75, 3.05) is 86.1 Å². The van der Waals surface area contributed by atoms with Gasteiger partial charge in [-0.25, -0.2) is 35.7 Å². The molecule has 150 heavy (non-hydrogen) atoms. The molecular formula is C114H147N15O17S4. The van der Waals surface area contributed by atoms with Gasteiger partial charge in [-0.2, -0.15) is 15.3 Å². The van der Waals surface area contributed by atoms with Gasteiger partial charge in [-0.1, -0.05) is 204 Å². The number of nitrogens with zero attached hydrogens (tertiary/aromatic N) is 12. The maximum atomic E-state index is 14.7. The Morgan fingerprint density at radius 2 is 0.853 bits per heavy atom. The Labute approximate surface area is 890 Å². The van der Waals surface area contributed by atoms with E-state index >= 15 is 0 Å². The van der Waals surface area contributed by atoms with Gasteiger partial charge >= 0.3 is 5.97 Å². The van der Waals surface area contributed by atoms with E-state index in [9.17, 15) is 65.7 Å². The minimum Gasteiger partial charge on any atom is -0.465 e. The van der Waals surface area contributed by atoms with Crippen molar-refractivity contribution in [1.82, 2.24) is 58.7 Å². The fourth-order valence-electron chi connectivity index (χ4n) is 20.8. The average Bonchev–Trinajstić information content (AvgIpc) is 1.54. The lowest BCUT2D eigenvalue weighted by molar-refractivity contribution is -0.128. The van der Waals surface area contributed by atoms with Crippen molar-refractivity contribution in [1.29, 1.82) is 0 Å². The number of carbonyl (C=O) groups excluding carboxylic acids is 7. The van der Waals surface area contributed by atoms with Gasteiger partial charge in [0.2, 0.25) is 10.0 Å². The summed E-state index contributed by atoms with van der Waals surface area (Å²) >= 11 is 1.13. The first-order chi connectivity index (χ1) is 71.3. The number of hydrogen-bond donors (Lipinski definition) is 6. The normalized spacial score (nSPS) is 17.1. The summed E-state index contributed by atoms with van der Waals surface area (Å²) in [6.45, 7) is 31.6. The molecule has 804 valence electrons. The smallest absolute Gasteiger partial charge is 0.349 e. The fraction of sp³-hybridized carbons (Fsp3) is 0.439. The maximum Gasteiger partial charge on any atom is 0.349 e. The summed E-state index contributed by atoms with van der Waals surface area (Å²) in [4.78, 5) is 108. The quantitative estimate of drug-likeness (QED) is 0.0193. The molecule has 2 bridgehead atoms. The van der Waals surface area contributed by atoms with Gasteiger partial charge in [0.1, 0.15) is 27.3 Å². The molecule has 0 saturated heterocycles. The second-order valence-electron chi connectivity index (χ2n) is 39.9. The Morgan fingerprint density at radius 1 is 0.487 bits per heavy atom. The molecule has 7 atom stereocenters. The van der Waals surface area contributed by atoms with E-state index in [1.165, 1.54) is 7.11 Å². The number of carbonyl (C=O) groups is 7. The molecule has 10 N–H and O–H groups in total. The number of aliphatic hydroxyl groups excluding tert-OH is 3.